The number of para-hydroxylation sites is 1. The van der Waals surface area contributed by atoms with Gasteiger partial charge in [-0.2, -0.15) is 11.3 Å². The fourth-order valence-corrected chi connectivity index (χ4v) is 6.47. The van der Waals surface area contributed by atoms with Crippen LogP contribution in [-0.2, 0) is 6.61 Å². The highest BCUT2D eigenvalue weighted by Crippen LogP contribution is 2.48. The van der Waals surface area contributed by atoms with Crippen LogP contribution in [0.3, 0.4) is 0 Å². The highest BCUT2D eigenvalue weighted by Gasteiger charge is 2.28. The molecule has 0 amide bonds. The molecule has 6 rings (SSSR count). The Hall–Kier alpha value is -4.44. The van der Waals surface area contributed by atoms with E-state index in [1.807, 2.05) is 89.6 Å². The van der Waals surface area contributed by atoms with Crippen molar-refractivity contribution < 1.29 is 18.3 Å². The summed E-state index contributed by atoms with van der Waals surface area (Å²) in [7, 11) is 1.67. The minimum atomic E-state index is -0.513. The lowest BCUT2D eigenvalue weighted by molar-refractivity contribution is 0.285. The number of thiophene rings is 1. The van der Waals surface area contributed by atoms with E-state index in [2.05, 4.69) is 25.8 Å². The summed E-state index contributed by atoms with van der Waals surface area (Å²) in [5, 5.41) is 4.76. The first-order chi connectivity index (χ1) is 22.2. The van der Waals surface area contributed by atoms with Crippen molar-refractivity contribution in [2.45, 2.75) is 32.4 Å². The molecule has 6 nitrogen and oxygen atoms in total. The molecule has 46 heavy (non-hydrogen) atoms. The van der Waals surface area contributed by atoms with Crippen LogP contribution in [0.15, 0.2) is 102 Å². The standard InChI is InChI=1S/C36H31ClFN3O3SSi/c1-36(2,3)46-44-31-19-28(34(38)32(33(31)37)24-11-7-5-8-12-24)41(25-13-9-6-10-14-25)35-26-17-29(42-4)30(18-27(26)39-22-40-35)43-20-23-15-16-45-21-23/h5-19,21-22H,20H2,1-4H3. The Balaban J connectivity index is 1.57. The van der Waals surface area contributed by atoms with Crippen molar-refractivity contribution in [2.24, 2.45) is 0 Å². The molecular weight excluding hydrogens is 637 g/mol. The molecule has 10 heteroatoms. The van der Waals surface area contributed by atoms with Gasteiger partial charge in [0.1, 0.15) is 24.5 Å². The topological polar surface area (TPSA) is 56.7 Å². The zero-order valence-corrected chi connectivity index (χ0v) is 28.3. The van der Waals surface area contributed by atoms with Crippen LogP contribution in [0.5, 0.6) is 17.2 Å². The summed E-state index contributed by atoms with van der Waals surface area (Å²) >= 11 is 8.54. The number of halogens is 2. The number of nitrogens with zero attached hydrogens (tertiary/aromatic N) is 3. The Morgan fingerprint density at radius 3 is 2.33 bits per heavy atom. The molecule has 0 bridgehead atoms. The second kappa shape index (κ2) is 13.5. The molecule has 2 radical (unpaired) electrons. The van der Waals surface area contributed by atoms with E-state index in [1.54, 1.807) is 29.4 Å². The van der Waals surface area contributed by atoms with Crippen molar-refractivity contribution in [2.75, 3.05) is 12.0 Å². The number of anilines is 3. The normalized spacial score (nSPS) is 11.4. The van der Waals surface area contributed by atoms with E-state index in [4.69, 9.17) is 30.5 Å². The van der Waals surface area contributed by atoms with E-state index in [-0.39, 0.29) is 31.1 Å². The van der Waals surface area contributed by atoms with Crippen molar-refractivity contribution in [3.8, 4) is 28.4 Å². The molecule has 0 aliphatic heterocycles. The number of methoxy groups -OCH3 is 1. The van der Waals surface area contributed by atoms with Gasteiger partial charge in [0.15, 0.2) is 17.3 Å². The first kappa shape index (κ1) is 31.5. The predicted molar refractivity (Wildman–Crippen MR) is 186 cm³/mol. The maximum Gasteiger partial charge on any atom is 0.316 e. The van der Waals surface area contributed by atoms with Gasteiger partial charge in [0, 0.05) is 28.8 Å². The van der Waals surface area contributed by atoms with Crippen LogP contribution >= 0.6 is 22.9 Å². The van der Waals surface area contributed by atoms with Crippen LogP contribution in [-0.4, -0.2) is 26.8 Å². The average molecular weight is 668 g/mol. The van der Waals surface area contributed by atoms with Gasteiger partial charge >= 0.3 is 9.76 Å². The number of rotatable bonds is 10. The number of hydrogen-bond acceptors (Lipinski definition) is 7. The van der Waals surface area contributed by atoms with Gasteiger partial charge in [-0.05, 0) is 51.2 Å². The third-order valence-corrected chi connectivity index (χ3v) is 9.06. The smallest absolute Gasteiger partial charge is 0.316 e. The molecule has 0 spiro atoms. The highest BCUT2D eigenvalue weighted by atomic mass is 35.5. The summed E-state index contributed by atoms with van der Waals surface area (Å²) in [5.41, 5.74) is 3.45. The van der Waals surface area contributed by atoms with Crippen LogP contribution in [0.1, 0.15) is 26.3 Å². The van der Waals surface area contributed by atoms with E-state index in [0.717, 1.165) is 5.56 Å². The van der Waals surface area contributed by atoms with Gasteiger partial charge < -0.3 is 13.9 Å². The summed E-state index contributed by atoms with van der Waals surface area (Å²) in [4.78, 5) is 11.0. The summed E-state index contributed by atoms with van der Waals surface area (Å²) in [5.74, 6) is 1.36. The van der Waals surface area contributed by atoms with Gasteiger partial charge in [-0.3, -0.25) is 4.90 Å². The molecule has 0 unspecified atom stereocenters. The average Bonchev–Trinajstić information content (AvgIpc) is 3.58. The van der Waals surface area contributed by atoms with Crippen molar-refractivity contribution in [1.29, 1.82) is 0 Å². The predicted octanol–water partition coefficient (Wildman–Crippen LogP) is 10.4. The van der Waals surface area contributed by atoms with Crippen LogP contribution in [0.4, 0.5) is 21.6 Å². The lowest BCUT2D eigenvalue weighted by atomic mass is 10.0. The minimum absolute atomic E-state index is 0.0807. The lowest BCUT2D eigenvalue weighted by Crippen LogP contribution is -2.18. The van der Waals surface area contributed by atoms with Crippen molar-refractivity contribution in [3.05, 3.63) is 118 Å². The van der Waals surface area contributed by atoms with Gasteiger partial charge in [0.05, 0.1) is 23.3 Å². The van der Waals surface area contributed by atoms with Crippen LogP contribution in [0.2, 0.25) is 10.1 Å². The van der Waals surface area contributed by atoms with Gasteiger partial charge in [-0.1, -0.05) is 80.9 Å². The van der Waals surface area contributed by atoms with E-state index in [1.165, 1.54) is 6.33 Å². The molecule has 0 aliphatic rings. The SMILES string of the molecule is COc1cc2c(N(c3ccccc3)c3cc(O[Si]C(C)(C)C)c(Cl)c(-c4ccccc4)c3F)ncnc2cc1OCc1ccsc1. The summed E-state index contributed by atoms with van der Waals surface area (Å²) in [6.45, 7) is 6.63. The molecule has 0 saturated heterocycles. The maximum atomic E-state index is 17.1. The van der Waals surface area contributed by atoms with Crippen LogP contribution in [0.25, 0.3) is 22.0 Å². The number of hydrogen-bond donors (Lipinski definition) is 0. The molecule has 0 N–H and O–H groups in total. The quantitative estimate of drug-likeness (QED) is 0.136. The Kier molecular flexibility index (Phi) is 9.26. The number of ether oxygens (including phenoxy) is 2. The number of aromatic nitrogens is 2. The molecule has 0 saturated carbocycles. The largest absolute Gasteiger partial charge is 0.539 e. The number of fused-ring (bicyclic) bond motifs is 1. The third-order valence-electron chi connectivity index (χ3n) is 7.02. The summed E-state index contributed by atoms with van der Waals surface area (Å²) < 4.78 is 35.3. The summed E-state index contributed by atoms with van der Waals surface area (Å²) in [6.07, 6.45) is 1.47. The Morgan fingerprint density at radius 2 is 1.65 bits per heavy atom. The molecule has 2 aromatic heterocycles. The molecule has 2 heterocycles. The second-order valence-corrected chi connectivity index (χ2v) is 14.6. The van der Waals surface area contributed by atoms with Gasteiger partial charge in [0.2, 0.25) is 0 Å². The van der Waals surface area contributed by atoms with Gasteiger partial charge in [-0.25, -0.2) is 14.4 Å². The Bertz CT molecular complexity index is 1960. The fourth-order valence-electron chi connectivity index (χ4n) is 4.89. The fraction of sp³-hybridized carbons (Fsp3) is 0.167. The maximum absolute atomic E-state index is 17.1. The van der Waals surface area contributed by atoms with Gasteiger partial charge in [-0.15, -0.1) is 0 Å². The van der Waals surface area contributed by atoms with Crippen LogP contribution < -0.4 is 18.8 Å². The van der Waals surface area contributed by atoms with E-state index >= 15 is 4.39 Å². The Labute approximate surface area is 279 Å². The molecular formula is C36H31ClFN3O3SSi. The molecule has 6 aromatic rings. The highest BCUT2D eigenvalue weighted by molar-refractivity contribution is 7.07. The zero-order chi connectivity index (χ0) is 32.3. The van der Waals surface area contributed by atoms with Crippen molar-refractivity contribution in [3.63, 3.8) is 0 Å². The zero-order valence-electron chi connectivity index (χ0n) is 25.8. The first-order valence-corrected chi connectivity index (χ1v) is 16.8. The van der Waals surface area contributed by atoms with E-state index in [9.17, 15) is 0 Å². The van der Waals surface area contributed by atoms with E-state index < -0.39 is 5.82 Å². The monoisotopic (exact) mass is 667 g/mol. The summed E-state index contributed by atoms with van der Waals surface area (Å²) in [6, 6.07) is 26.1. The lowest BCUT2D eigenvalue weighted by Gasteiger charge is -2.28. The molecule has 4 aromatic carbocycles. The molecule has 232 valence electrons. The van der Waals surface area contributed by atoms with Crippen LogP contribution in [0, 0.1) is 5.82 Å². The molecule has 0 fully saturated rings. The molecule has 0 atom stereocenters. The second-order valence-electron chi connectivity index (χ2n) is 11.5. The van der Waals surface area contributed by atoms with Crippen molar-refractivity contribution >= 4 is 60.8 Å². The Morgan fingerprint density at radius 1 is 0.913 bits per heavy atom. The first-order valence-electron chi connectivity index (χ1n) is 14.6. The van der Waals surface area contributed by atoms with Gasteiger partial charge in [0.25, 0.3) is 0 Å². The van der Waals surface area contributed by atoms with E-state index in [0.29, 0.717) is 51.8 Å². The minimum Gasteiger partial charge on any atom is -0.539 e. The van der Waals surface area contributed by atoms with Crippen molar-refractivity contribution in [1.82, 2.24) is 9.97 Å². The number of benzene rings is 4. The molecule has 0 aliphatic carbocycles. The third kappa shape index (κ3) is 6.72.